The van der Waals surface area contributed by atoms with Gasteiger partial charge in [-0.2, -0.15) is 26.3 Å². The maximum Gasteiger partial charge on any atom is 0.454 e. The number of pyridine rings is 4. The molecule has 4 heterocycles. The van der Waals surface area contributed by atoms with Gasteiger partial charge in [-0.3, -0.25) is 34.3 Å². The summed E-state index contributed by atoms with van der Waals surface area (Å²) in [5, 5.41) is 35.2. The molecule has 4 radical (unpaired) electrons. The number of aliphatic hydroxyl groups excluding tert-OH is 3. The molecule has 0 saturated heterocycles. The average Bonchev–Trinajstić information content (AvgIpc) is 1.60. The van der Waals surface area contributed by atoms with Crippen molar-refractivity contribution in [1.82, 2.24) is 19.9 Å². The van der Waals surface area contributed by atoms with Crippen LogP contribution in [-0.2, 0) is 116 Å². The third-order valence-electron chi connectivity index (χ3n) is 24.6. The minimum Gasteiger partial charge on any atom is -0.512 e. The topological polar surface area (TPSA) is 163 Å². The molecule has 12 aromatic carbocycles. The smallest absolute Gasteiger partial charge is 0.454 e. The van der Waals surface area contributed by atoms with Gasteiger partial charge in [-0.1, -0.05) is 335 Å². The van der Waals surface area contributed by atoms with Gasteiger partial charge < -0.3 is 15.3 Å². The summed E-state index contributed by atoms with van der Waals surface area (Å²) in [4.78, 5) is 50.4. The van der Waals surface area contributed by atoms with Crippen LogP contribution in [-0.4, -0.2) is 65.0 Å². The monoisotopic (exact) mass is 2540 g/mol. The van der Waals surface area contributed by atoms with Gasteiger partial charge in [-0.25, -0.2) is 0 Å². The van der Waals surface area contributed by atoms with Gasteiger partial charge in [0.15, 0.2) is 11.6 Å². The number of aliphatic hydroxyl groups is 3. The number of allylic oxidation sites excluding steroid dienone is 6. The number of carbonyl (C=O) groups is 3. The number of hydrogen-bond donors (Lipinski definition) is 3. The average molecular weight is 2540 g/mol. The third-order valence-corrected chi connectivity index (χ3v) is 24.6. The van der Waals surface area contributed by atoms with Crippen molar-refractivity contribution in [3.8, 4) is 89.5 Å². The van der Waals surface area contributed by atoms with Crippen molar-refractivity contribution in [1.29, 1.82) is 0 Å². The number of ketones is 3. The molecule has 4 aromatic heterocycles. The van der Waals surface area contributed by atoms with Crippen molar-refractivity contribution in [2.75, 3.05) is 0 Å². The summed E-state index contributed by atoms with van der Waals surface area (Å²) in [6.07, 6.45) is -1.06. The summed E-state index contributed by atoms with van der Waals surface area (Å²) in [6, 6.07) is 108. The zero-order valence-electron chi connectivity index (χ0n) is 78.4. The Kier molecular flexibility index (Phi) is 33.6. The Morgan fingerprint density at radius 3 is 0.730 bits per heavy atom. The second-order valence-electron chi connectivity index (χ2n) is 37.7. The first-order chi connectivity index (χ1) is 62.8. The van der Waals surface area contributed by atoms with E-state index in [9.17, 15) is 45.8 Å². The minimum absolute atomic E-state index is 0. The van der Waals surface area contributed by atoms with Gasteiger partial charge >= 0.3 is 12.4 Å². The first kappa shape index (κ1) is 107. The Labute approximate surface area is 850 Å². The van der Waals surface area contributed by atoms with Crippen LogP contribution in [0, 0.1) is 35.1 Å². The van der Waals surface area contributed by atoms with Gasteiger partial charge in [-0.15, -0.1) is 119 Å². The molecule has 4 aliphatic rings. The van der Waals surface area contributed by atoms with Crippen LogP contribution in [0.4, 0.5) is 26.3 Å². The van der Waals surface area contributed by atoms with Gasteiger partial charge in [0.2, 0.25) is 5.76 Å². The number of fused-ring (bicyclic) bond motifs is 16. The predicted octanol–water partition coefficient (Wildman–Crippen LogP) is 30.3. The summed E-state index contributed by atoms with van der Waals surface area (Å²) < 4.78 is 68.1. The fraction of sp³-hybridized carbons (Fsp3) is 0.205. The first-order valence-electron chi connectivity index (χ1n) is 43.8. The number of rotatable bonds is 7. The number of hydrogen-bond acceptors (Lipinski definition) is 10. The minimum atomic E-state index is -5.42. The Balaban J connectivity index is 0.000000169. The third kappa shape index (κ3) is 23.6. The van der Waals surface area contributed by atoms with Crippen molar-refractivity contribution < 1.29 is 136 Å². The molecular weight excluding hydrogens is 2440 g/mol. The van der Waals surface area contributed by atoms with Crippen molar-refractivity contribution in [2.45, 2.75) is 145 Å². The molecule has 10 nitrogen and oxygen atoms in total. The Morgan fingerprint density at radius 1 is 0.285 bits per heavy atom. The van der Waals surface area contributed by atoms with Crippen LogP contribution >= 0.6 is 0 Å². The van der Waals surface area contributed by atoms with E-state index in [1.807, 2.05) is 66.3 Å². The van der Waals surface area contributed by atoms with Crippen LogP contribution in [0.25, 0.3) is 133 Å². The molecule has 0 spiro atoms. The fourth-order valence-corrected chi connectivity index (χ4v) is 17.2. The first-order valence-corrected chi connectivity index (χ1v) is 43.8. The molecule has 0 unspecified atom stereocenters. The number of benzene rings is 12. The molecule has 0 aliphatic heterocycles. The standard InChI is InChI=1S/4C24H18N.C11H20O2.C5H2F6O2.C5H8O2.4Ir/c4*1-24(2)21-10-6-5-9-19(21)20-15-25-23(14-22(20)24)18-12-11-16-7-3-4-8-17(16)13-18;1-10(2,3)8(12)7-9(13)11(4,5)6;6-4(7,8)2(12)1-3(13)5(9,10)11;1-4(6)3-5(2)7;;;;/h4*3-12,14-15H,1-2H3;7,12H,1-6H3;1,12H;3,6H,1-2H3;;;;/q4*-1;;;;;;;. The molecule has 708 valence electrons. The SMILES string of the molecule is CC(=O)C=C(C)O.CC(C)(C)C(=O)C=C(O)C(C)(C)C.CC1(C)c2ccccc2-c2cnc(-c3[c-]c4ccccc4cc3)cc21.CC1(C)c2ccccc2-c2cnc(-c3[c-]c4ccccc4cc3)cc21.CC1(C)c2ccccc2-c2cnc(-c3[c-]c4ccccc4cc3)cc21.CC1(C)c2ccccc2-c2cnc(-c3[c-]c4ccccc4cc3)cc21.O=C(C=C(O)C(F)(F)F)C(F)(F)F.[Ir].[Ir].[Ir].[Ir]. The van der Waals surface area contributed by atoms with E-state index in [-0.39, 0.29) is 131 Å². The number of aromatic nitrogens is 4. The molecule has 0 atom stereocenters. The quantitative estimate of drug-likeness (QED) is 0.0606. The van der Waals surface area contributed by atoms with Crippen molar-refractivity contribution in [3.05, 3.63) is 396 Å². The van der Waals surface area contributed by atoms with Crippen LogP contribution in [0.1, 0.15) is 155 Å². The van der Waals surface area contributed by atoms with Gasteiger partial charge in [0.25, 0.3) is 5.78 Å². The Morgan fingerprint density at radius 2 is 0.518 bits per heavy atom. The molecule has 137 heavy (non-hydrogen) atoms. The van der Waals surface area contributed by atoms with E-state index in [2.05, 4.69) is 347 Å². The van der Waals surface area contributed by atoms with E-state index >= 15 is 0 Å². The van der Waals surface area contributed by atoms with Crippen LogP contribution in [0.5, 0.6) is 0 Å². The van der Waals surface area contributed by atoms with Crippen LogP contribution < -0.4 is 0 Å². The molecule has 16 aromatic rings. The zero-order chi connectivity index (χ0) is 95.7. The van der Waals surface area contributed by atoms with Crippen molar-refractivity contribution >= 4 is 60.4 Å². The van der Waals surface area contributed by atoms with Crippen molar-refractivity contribution in [2.24, 2.45) is 10.8 Å². The molecule has 4 aliphatic carbocycles. The molecular formula is C117H102F6Ir4N4O6-4. The van der Waals surface area contributed by atoms with Crippen LogP contribution in [0.2, 0.25) is 0 Å². The maximum absolute atomic E-state index is 11.5. The van der Waals surface area contributed by atoms with E-state index in [1.54, 1.807) is 0 Å². The maximum atomic E-state index is 11.5. The van der Waals surface area contributed by atoms with E-state index < -0.39 is 35.4 Å². The van der Waals surface area contributed by atoms with Gasteiger partial charge in [0.1, 0.15) is 5.76 Å². The van der Waals surface area contributed by atoms with E-state index in [1.165, 1.54) is 137 Å². The van der Waals surface area contributed by atoms with E-state index in [0.717, 1.165) is 66.6 Å². The molecule has 0 saturated carbocycles. The van der Waals surface area contributed by atoms with E-state index in [0.29, 0.717) is 0 Å². The number of alkyl halides is 6. The summed E-state index contributed by atoms with van der Waals surface area (Å²) in [6.45, 7) is 32.3. The van der Waals surface area contributed by atoms with Crippen LogP contribution in [0.15, 0.2) is 327 Å². The van der Waals surface area contributed by atoms with Gasteiger partial charge in [0, 0.05) is 201 Å². The Bertz CT molecular complexity index is 6520. The molecule has 0 fully saturated rings. The predicted molar refractivity (Wildman–Crippen MR) is 524 cm³/mol. The van der Waals surface area contributed by atoms with Crippen LogP contribution in [0.3, 0.4) is 0 Å². The summed E-state index contributed by atoms with van der Waals surface area (Å²) >= 11 is 0. The summed E-state index contributed by atoms with van der Waals surface area (Å²) in [5.74, 6) is -5.29. The van der Waals surface area contributed by atoms with Gasteiger partial charge in [0.05, 0.1) is 5.76 Å². The normalized spacial score (nSPS) is 13.8. The van der Waals surface area contributed by atoms with E-state index in [4.69, 9.17) is 30.1 Å². The molecule has 20 heteroatoms. The number of carbonyl (C=O) groups excluding carboxylic acids is 3. The largest absolute Gasteiger partial charge is 0.512 e. The molecule has 20 rings (SSSR count). The molecule has 0 amide bonds. The number of halogens is 6. The van der Waals surface area contributed by atoms with Crippen molar-refractivity contribution in [3.63, 3.8) is 0 Å². The second kappa shape index (κ2) is 43.0. The second-order valence-corrected chi connectivity index (χ2v) is 37.7. The van der Waals surface area contributed by atoms with Gasteiger partial charge in [-0.05, 0) is 80.6 Å². The number of nitrogens with zero attached hydrogens (tertiary/aromatic N) is 4. The molecule has 3 N–H and O–H groups in total. The zero-order valence-corrected chi connectivity index (χ0v) is 88.0. The fourth-order valence-electron chi connectivity index (χ4n) is 17.2. The summed E-state index contributed by atoms with van der Waals surface area (Å²) in [5.41, 5.74) is 28.6. The summed E-state index contributed by atoms with van der Waals surface area (Å²) in [7, 11) is 0. The molecule has 0 bridgehead atoms. The Hall–Kier alpha value is -11.9.